The van der Waals surface area contributed by atoms with Gasteiger partial charge in [-0.05, 0) is 66.1 Å². The van der Waals surface area contributed by atoms with Gasteiger partial charge < -0.3 is 24.8 Å². The normalized spacial score (nSPS) is 22.3. The molecule has 1 unspecified atom stereocenters. The van der Waals surface area contributed by atoms with Crippen LogP contribution >= 0.6 is 0 Å². The van der Waals surface area contributed by atoms with Gasteiger partial charge in [0.25, 0.3) is 0 Å². The predicted molar refractivity (Wildman–Crippen MR) is 150 cm³/mol. The van der Waals surface area contributed by atoms with Crippen molar-refractivity contribution in [3.05, 3.63) is 64.8 Å². The largest absolute Gasteiger partial charge is 0.573 e. The lowest BCUT2D eigenvalue weighted by atomic mass is 9.87. The number of nitrogens with zero attached hydrogens (tertiary/aromatic N) is 3. The molecule has 2 fully saturated rings. The second kappa shape index (κ2) is 11.4. The summed E-state index contributed by atoms with van der Waals surface area (Å²) in [6.45, 7) is 2.36. The molecule has 3 heterocycles. The molecule has 0 bridgehead atoms. The molecule has 234 valence electrons. The van der Waals surface area contributed by atoms with E-state index < -0.39 is 28.3 Å². The Labute approximate surface area is 251 Å². The van der Waals surface area contributed by atoms with Crippen molar-refractivity contribution >= 4 is 21.8 Å². The number of nitrogens with one attached hydrogen (secondary N) is 2. The second-order valence-corrected chi connectivity index (χ2v) is 13.6. The lowest BCUT2D eigenvalue weighted by Gasteiger charge is -2.33. The number of carbonyl (C=O) groups is 2. The minimum atomic E-state index is -4.84. The quantitative estimate of drug-likeness (QED) is 0.402. The maximum Gasteiger partial charge on any atom is 0.573 e. The Morgan fingerprint density at radius 2 is 2.00 bits per heavy atom. The SMILES string of the molecule is Cc1noc([C@H]2C[C@@H]2C(=O)NCc2ccc(-c3cccc(OC(F)(F)F)c3)c3c2CN(C(=O)NC2CCS(=O)(=O)C2)CC3)n1. The maximum absolute atomic E-state index is 13.2. The first kappa shape index (κ1) is 29.9. The van der Waals surface area contributed by atoms with Gasteiger partial charge in [0, 0.05) is 25.7 Å². The maximum atomic E-state index is 13.2. The summed E-state index contributed by atoms with van der Waals surface area (Å²) < 4.78 is 71.8. The van der Waals surface area contributed by atoms with E-state index in [1.165, 1.54) is 18.2 Å². The molecular weight excluding hydrogens is 603 g/mol. The monoisotopic (exact) mass is 633 g/mol. The van der Waals surface area contributed by atoms with Crippen LogP contribution in [0, 0.1) is 12.8 Å². The first-order valence-electron chi connectivity index (χ1n) is 14.2. The summed E-state index contributed by atoms with van der Waals surface area (Å²) in [5, 5.41) is 9.57. The van der Waals surface area contributed by atoms with Crippen LogP contribution in [0.5, 0.6) is 5.75 Å². The number of alkyl halides is 3. The second-order valence-electron chi connectivity index (χ2n) is 11.4. The summed E-state index contributed by atoms with van der Waals surface area (Å²) in [5.41, 5.74) is 3.58. The fourth-order valence-corrected chi connectivity index (χ4v) is 7.59. The van der Waals surface area contributed by atoms with Gasteiger partial charge in [-0.2, -0.15) is 4.98 Å². The smallest absolute Gasteiger partial charge is 0.406 e. The van der Waals surface area contributed by atoms with Crippen LogP contribution in [0.2, 0.25) is 0 Å². The van der Waals surface area contributed by atoms with E-state index in [-0.39, 0.29) is 48.1 Å². The number of ether oxygens (including phenoxy) is 1. The van der Waals surface area contributed by atoms with E-state index in [0.29, 0.717) is 48.6 Å². The van der Waals surface area contributed by atoms with E-state index in [2.05, 4.69) is 25.5 Å². The number of hydrogen-bond donors (Lipinski definition) is 2. The zero-order valence-electron chi connectivity index (χ0n) is 23.7. The summed E-state index contributed by atoms with van der Waals surface area (Å²) in [4.78, 5) is 31.9. The van der Waals surface area contributed by atoms with Crippen LogP contribution in [0.3, 0.4) is 0 Å². The number of halogens is 3. The van der Waals surface area contributed by atoms with Gasteiger partial charge in [0.15, 0.2) is 15.7 Å². The minimum Gasteiger partial charge on any atom is -0.406 e. The molecule has 3 aliphatic rings. The van der Waals surface area contributed by atoms with Crippen molar-refractivity contribution < 1.29 is 40.4 Å². The van der Waals surface area contributed by atoms with Crippen LogP contribution in [0.4, 0.5) is 18.0 Å². The first-order valence-corrected chi connectivity index (χ1v) is 16.0. The fourth-order valence-electron chi connectivity index (χ4n) is 5.92. The number of rotatable bonds is 7. The fraction of sp³-hybridized carbons (Fsp3) is 0.448. The molecule has 0 spiro atoms. The average molecular weight is 634 g/mol. The average Bonchev–Trinajstić information content (AvgIpc) is 3.53. The van der Waals surface area contributed by atoms with Crippen molar-refractivity contribution in [2.45, 2.75) is 57.6 Å². The zero-order valence-corrected chi connectivity index (χ0v) is 24.5. The van der Waals surface area contributed by atoms with Crippen molar-refractivity contribution in [2.24, 2.45) is 5.92 Å². The Morgan fingerprint density at radius 3 is 2.70 bits per heavy atom. The van der Waals surface area contributed by atoms with Gasteiger partial charge in [-0.15, -0.1) is 13.2 Å². The molecule has 15 heteroatoms. The number of carbonyl (C=O) groups excluding carboxylic acids is 2. The van der Waals surface area contributed by atoms with Gasteiger partial charge in [-0.1, -0.05) is 29.4 Å². The third-order valence-corrected chi connectivity index (χ3v) is 9.94. The standard InChI is InChI=1S/C29H30F3N5O6S/c1-16-34-27(43-36-16)24-12-23(24)26(38)33-13-18-5-6-21(17-3-2-4-20(11-17)42-29(30,31)32)22-7-9-37(14-25(18)22)28(39)35-19-8-10-44(40,41)15-19/h2-6,11,19,23-24H,7-10,12-15H2,1H3,(H,33,38)(H,35,39)/t19?,23-,24-/m0/s1. The highest BCUT2D eigenvalue weighted by Gasteiger charge is 2.47. The summed E-state index contributed by atoms with van der Waals surface area (Å²) in [5.74, 6) is -0.115. The number of aromatic nitrogens is 2. The van der Waals surface area contributed by atoms with Gasteiger partial charge in [-0.25, -0.2) is 13.2 Å². The van der Waals surface area contributed by atoms with Crippen LogP contribution in [0.25, 0.3) is 11.1 Å². The molecule has 2 N–H and O–H groups in total. The Hall–Kier alpha value is -4.14. The Morgan fingerprint density at radius 1 is 1.18 bits per heavy atom. The number of sulfone groups is 1. The Bertz CT molecular complexity index is 1710. The molecule has 1 saturated heterocycles. The molecule has 1 aromatic heterocycles. The number of amides is 3. The lowest BCUT2D eigenvalue weighted by Crippen LogP contribution is -2.47. The van der Waals surface area contributed by atoms with Crippen LogP contribution < -0.4 is 15.4 Å². The van der Waals surface area contributed by atoms with E-state index in [1.54, 1.807) is 30.0 Å². The van der Waals surface area contributed by atoms with Crippen molar-refractivity contribution in [1.29, 1.82) is 0 Å². The number of hydrogen-bond acceptors (Lipinski definition) is 8. The predicted octanol–water partition coefficient (Wildman–Crippen LogP) is 3.62. The molecule has 0 radical (unpaired) electrons. The molecule has 3 aromatic rings. The molecule has 44 heavy (non-hydrogen) atoms. The van der Waals surface area contributed by atoms with Crippen molar-refractivity contribution in [2.75, 3.05) is 18.1 Å². The van der Waals surface area contributed by atoms with Crippen LogP contribution in [0.1, 0.15) is 47.2 Å². The molecule has 3 amide bonds. The van der Waals surface area contributed by atoms with E-state index in [1.807, 2.05) is 0 Å². The van der Waals surface area contributed by atoms with E-state index in [9.17, 15) is 31.2 Å². The van der Waals surface area contributed by atoms with E-state index in [0.717, 1.165) is 16.7 Å². The number of fused-ring (bicyclic) bond motifs is 1. The van der Waals surface area contributed by atoms with Crippen molar-refractivity contribution in [3.63, 3.8) is 0 Å². The molecular formula is C29H30F3N5O6S. The van der Waals surface area contributed by atoms with Crippen molar-refractivity contribution in [3.8, 4) is 16.9 Å². The third-order valence-electron chi connectivity index (χ3n) is 8.18. The number of urea groups is 1. The zero-order chi connectivity index (χ0) is 31.2. The van der Waals surface area contributed by atoms with Crippen LogP contribution in [-0.4, -0.2) is 65.9 Å². The summed E-state index contributed by atoms with van der Waals surface area (Å²) in [6, 6.07) is 8.44. The van der Waals surface area contributed by atoms with Crippen LogP contribution in [0.15, 0.2) is 40.9 Å². The molecule has 2 aromatic carbocycles. The molecule has 3 atom stereocenters. The molecule has 2 aliphatic heterocycles. The Kier molecular flexibility index (Phi) is 7.76. The Balaban J connectivity index is 1.23. The topological polar surface area (TPSA) is 144 Å². The molecule has 6 rings (SSSR count). The molecule has 1 saturated carbocycles. The van der Waals surface area contributed by atoms with Crippen LogP contribution in [-0.2, 0) is 34.1 Å². The van der Waals surface area contributed by atoms with Gasteiger partial charge >= 0.3 is 12.4 Å². The number of aryl methyl sites for hydroxylation is 1. The van der Waals surface area contributed by atoms with Gasteiger partial charge in [0.2, 0.25) is 11.8 Å². The van der Waals surface area contributed by atoms with Crippen molar-refractivity contribution in [1.82, 2.24) is 25.7 Å². The van der Waals surface area contributed by atoms with Gasteiger partial charge in [0.05, 0.1) is 23.3 Å². The van der Waals surface area contributed by atoms with Gasteiger partial charge in [-0.3, -0.25) is 4.79 Å². The highest BCUT2D eigenvalue weighted by atomic mass is 32.2. The third kappa shape index (κ3) is 6.66. The van der Waals surface area contributed by atoms with E-state index >= 15 is 0 Å². The lowest BCUT2D eigenvalue weighted by molar-refractivity contribution is -0.274. The molecule has 11 nitrogen and oxygen atoms in total. The molecule has 1 aliphatic carbocycles. The highest BCUT2D eigenvalue weighted by molar-refractivity contribution is 7.91. The first-order chi connectivity index (χ1) is 20.8. The highest BCUT2D eigenvalue weighted by Crippen LogP contribution is 2.47. The minimum absolute atomic E-state index is 0.0268. The summed E-state index contributed by atoms with van der Waals surface area (Å²) >= 11 is 0. The number of benzene rings is 2. The van der Waals surface area contributed by atoms with E-state index in [4.69, 9.17) is 4.52 Å². The summed E-state index contributed by atoms with van der Waals surface area (Å²) in [7, 11) is -3.18. The van der Waals surface area contributed by atoms with Gasteiger partial charge in [0.1, 0.15) is 5.75 Å². The summed E-state index contributed by atoms with van der Waals surface area (Å²) in [6.07, 6.45) is -3.50.